The van der Waals surface area contributed by atoms with Crippen LogP contribution in [0.2, 0.25) is 0 Å². The van der Waals surface area contributed by atoms with Gasteiger partial charge < -0.3 is 10.2 Å². The fourth-order valence-electron chi connectivity index (χ4n) is 2.68. The van der Waals surface area contributed by atoms with E-state index in [1.54, 1.807) is 4.90 Å². The fraction of sp³-hybridized carbons (Fsp3) is 0.353. The molecule has 1 aromatic heterocycles. The standard InChI is InChI=1S/C17H20N4O2S/c1-20(2)14-7-4-3-6-13(14)19-15(22)10-12-11-24-17(18-12)21-9-5-8-16(21)23/h3-4,6-7,11H,5,8-10H2,1-2H3,(H,19,22). The molecule has 3 rings (SSSR count). The first-order valence-corrected chi connectivity index (χ1v) is 8.73. The Labute approximate surface area is 145 Å². The van der Waals surface area contributed by atoms with Crippen molar-refractivity contribution in [2.75, 3.05) is 35.8 Å². The van der Waals surface area contributed by atoms with Gasteiger partial charge in [-0.1, -0.05) is 12.1 Å². The predicted octanol–water partition coefficient (Wildman–Crippen LogP) is 2.52. The summed E-state index contributed by atoms with van der Waals surface area (Å²) in [6.07, 6.45) is 1.65. The van der Waals surface area contributed by atoms with Crippen molar-refractivity contribution in [1.82, 2.24) is 4.98 Å². The Morgan fingerprint density at radius 3 is 2.88 bits per heavy atom. The molecule has 0 spiro atoms. The third-order valence-electron chi connectivity index (χ3n) is 3.85. The van der Waals surface area contributed by atoms with E-state index in [4.69, 9.17) is 0 Å². The maximum atomic E-state index is 12.3. The van der Waals surface area contributed by atoms with Crippen molar-refractivity contribution >= 4 is 39.7 Å². The van der Waals surface area contributed by atoms with Crippen LogP contribution in [-0.2, 0) is 16.0 Å². The van der Waals surface area contributed by atoms with Crippen molar-refractivity contribution in [3.05, 3.63) is 35.3 Å². The highest BCUT2D eigenvalue weighted by atomic mass is 32.1. The van der Waals surface area contributed by atoms with Crippen molar-refractivity contribution in [1.29, 1.82) is 0 Å². The molecule has 6 nitrogen and oxygen atoms in total. The summed E-state index contributed by atoms with van der Waals surface area (Å²) in [5.74, 6) is -0.00541. The van der Waals surface area contributed by atoms with E-state index in [1.807, 2.05) is 48.6 Å². The zero-order valence-corrected chi connectivity index (χ0v) is 14.6. The second-order valence-electron chi connectivity index (χ2n) is 5.91. The molecule has 0 aliphatic carbocycles. The van der Waals surface area contributed by atoms with Crippen molar-refractivity contribution in [2.24, 2.45) is 0 Å². The van der Waals surface area contributed by atoms with E-state index in [-0.39, 0.29) is 18.2 Å². The number of nitrogens with zero attached hydrogens (tertiary/aromatic N) is 3. The van der Waals surface area contributed by atoms with Gasteiger partial charge in [0.15, 0.2) is 5.13 Å². The van der Waals surface area contributed by atoms with Crippen LogP contribution in [0.5, 0.6) is 0 Å². The lowest BCUT2D eigenvalue weighted by atomic mass is 10.2. The zero-order chi connectivity index (χ0) is 17.1. The molecule has 1 saturated heterocycles. The van der Waals surface area contributed by atoms with Gasteiger partial charge in [-0.25, -0.2) is 4.98 Å². The van der Waals surface area contributed by atoms with Crippen LogP contribution in [0.1, 0.15) is 18.5 Å². The number of nitrogens with one attached hydrogen (secondary N) is 1. The molecule has 0 unspecified atom stereocenters. The van der Waals surface area contributed by atoms with Gasteiger partial charge in [0, 0.05) is 32.4 Å². The van der Waals surface area contributed by atoms with Crippen LogP contribution < -0.4 is 15.1 Å². The summed E-state index contributed by atoms with van der Waals surface area (Å²) in [7, 11) is 3.87. The Morgan fingerprint density at radius 1 is 1.38 bits per heavy atom. The second kappa shape index (κ2) is 7.00. The topological polar surface area (TPSA) is 65.5 Å². The molecule has 0 radical (unpaired) electrons. The van der Waals surface area contributed by atoms with E-state index in [9.17, 15) is 9.59 Å². The Bertz CT molecular complexity index is 757. The van der Waals surface area contributed by atoms with Gasteiger partial charge in [0.25, 0.3) is 0 Å². The number of hydrogen-bond donors (Lipinski definition) is 1. The van der Waals surface area contributed by atoms with Crippen LogP contribution in [0.15, 0.2) is 29.6 Å². The Morgan fingerprint density at radius 2 is 2.17 bits per heavy atom. The highest BCUT2D eigenvalue weighted by molar-refractivity contribution is 7.14. The molecule has 126 valence electrons. The summed E-state index contributed by atoms with van der Waals surface area (Å²) in [5, 5.41) is 5.47. The molecule has 0 saturated carbocycles. The minimum absolute atomic E-state index is 0.111. The maximum absolute atomic E-state index is 12.3. The smallest absolute Gasteiger partial charge is 0.230 e. The number of aromatic nitrogens is 1. The number of thiazole rings is 1. The molecule has 1 N–H and O–H groups in total. The minimum atomic E-state index is -0.117. The molecule has 0 atom stereocenters. The number of para-hydroxylation sites is 2. The van der Waals surface area contributed by atoms with Gasteiger partial charge >= 0.3 is 0 Å². The first kappa shape index (κ1) is 16.4. The van der Waals surface area contributed by atoms with Crippen molar-refractivity contribution in [2.45, 2.75) is 19.3 Å². The highest BCUT2D eigenvalue weighted by Crippen LogP contribution is 2.26. The van der Waals surface area contributed by atoms with E-state index in [0.717, 1.165) is 17.8 Å². The lowest BCUT2D eigenvalue weighted by Crippen LogP contribution is -2.23. The SMILES string of the molecule is CN(C)c1ccccc1NC(=O)Cc1csc(N2CCCC2=O)n1. The summed E-state index contributed by atoms with van der Waals surface area (Å²) in [6, 6.07) is 7.66. The van der Waals surface area contributed by atoms with Gasteiger partial charge in [-0.3, -0.25) is 14.5 Å². The van der Waals surface area contributed by atoms with Crippen molar-refractivity contribution in [3.8, 4) is 0 Å². The number of hydrogen-bond acceptors (Lipinski definition) is 5. The first-order chi connectivity index (χ1) is 11.5. The molecular weight excluding hydrogens is 324 g/mol. The first-order valence-electron chi connectivity index (χ1n) is 7.85. The van der Waals surface area contributed by atoms with E-state index >= 15 is 0 Å². The summed E-state index contributed by atoms with van der Waals surface area (Å²) >= 11 is 1.41. The summed E-state index contributed by atoms with van der Waals surface area (Å²) in [6.45, 7) is 0.716. The largest absolute Gasteiger partial charge is 0.376 e. The molecule has 1 aromatic carbocycles. The normalized spacial score (nSPS) is 14.1. The molecular formula is C17H20N4O2S. The van der Waals surface area contributed by atoms with Gasteiger partial charge in [-0.15, -0.1) is 11.3 Å². The summed E-state index contributed by atoms with van der Waals surface area (Å²) in [4.78, 5) is 32.2. The highest BCUT2D eigenvalue weighted by Gasteiger charge is 2.24. The molecule has 2 amide bonds. The van der Waals surface area contributed by atoms with Crippen molar-refractivity contribution in [3.63, 3.8) is 0 Å². The van der Waals surface area contributed by atoms with E-state index in [2.05, 4.69) is 10.3 Å². The quantitative estimate of drug-likeness (QED) is 0.905. The monoisotopic (exact) mass is 344 g/mol. The van der Waals surface area contributed by atoms with Gasteiger partial charge in [0.05, 0.1) is 23.5 Å². The molecule has 0 bridgehead atoms. The van der Waals surface area contributed by atoms with E-state index in [1.165, 1.54) is 11.3 Å². The van der Waals surface area contributed by atoms with Gasteiger partial charge in [-0.2, -0.15) is 0 Å². The molecule has 7 heteroatoms. The molecule has 24 heavy (non-hydrogen) atoms. The lowest BCUT2D eigenvalue weighted by molar-refractivity contribution is -0.117. The minimum Gasteiger partial charge on any atom is -0.376 e. The molecule has 1 aliphatic rings. The Hall–Kier alpha value is -2.41. The second-order valence-corrected chi connectivity index (χ2v) is 6.74. The number of anilines is 3. The van der Waals surface area contributed by atoms with Crippen LogP contribution >= 0.6 is 11.3 Å². The third-order valence-corrected chi connectivity index (χ3v) is 4.76. The van der Waals surface area contributed by atoms with Crippen molar-refractivity contribution < 1.29 is 9.59 Å². The lowest BCUT2D eigenvalue weighted by Gasteiger charge is -2.17. The number of rotatable bonds is 5. The van der Waals surface area contributed by atoms with Gasteiger partial charge in [0.1, 0.15) is 0 Å². The molecule has 1 aliphatic heterocycles. The van der Waals surface area contributed by atoms with Crippen LogP contribution in [0.3, 0.4) is 0 Å². The van der Waals surface area contributed by atoms with Crippen LogP contribution in [0, 0.1) is 0 Å². The fourth-order valence-corrected chi connectivity index (χ4v) is 3.55. The van der Waals surface area contributed by atoms with Crippen LogP contribution in [-0.4, -0.2) is 37.4 Å². The average molecular weight is 344 g/mol. The number of benzene rings is 1. The predicted molar refractivity (Wildman–Crippen MR) is 96.8 cm³/mol. The molecule has 2 aromatic rings. The van der Waals surface area contributed by atoms with Crippen LogP contribution in [0.4, 0.5) is 16.5 Å². The van der Waals surface area contributed by atoms with Crippen LogP contribution in [0.25, 0.3) is 0 Å². The average Bonchev–Trinajstić information content (AvgIpc) is 3.16. The number of carbonyl (C=O) groups is 2. The van der Waals surface area contributed by atoms with E-state index < -0.39 is 0 Å². The summed E-state index contributed by atoms with van der Waals surface area (Å²) in [5.41, 5.74) is 2.42. The molecule has 1 fully saturated rings. The third kappa shape index (κ3) is 3.56. The Balaban J connectivity index is 1.66. The number of amides is 2. The Kier molecular flexibility index (Phi) is 4.80. The molecule has 2 heterocycles. The van der Waals surface area contributed by atoms with E-state index in [0.29, 0.717) is 23.8 Å². The zero-order valence-electron chi connectivity index (χ0n) is 13.8. The van der Waals surface area contributed by atoms with Gasteiger partial charge in [0.2, 0.25) is 11.8 Å². The van der Waals surface area contributed by atoms with Gasteiger partial charge in [-0.05, 0) is 18.6 Å². The number of carbonyl (C=O) groups excluding carboxylic acids is 2. The summed E-state index contributed by atoms with van der Waals surface area (Å²) < 4.78 is 0. The maximum Gasteiger partial charge on any atom is 0.230 e.